The van der Waals surface area contributed by atoms with Crippen LogP contribution in [0, 0.1) is 0 Å². The molecule has 0 aliphatic carbocycles. The van der Waals surface area contributed by atoms with Gasteiger partial charge in [0.2, 0.25) is 0 Å². The van der Waals surface area contributed by atoms with Crippen molar-refractivity contribution >= 4 is 10.8 Å². The highest BCUT2D eigenvalue weighted by molar-refractivity contribution is 5.84. The number of hydrogen-bond acceptors (Lipinski definition) is 3. The van der Waals surface area contributed by atoms with Crippen LogP contribution in [0.1, 0.15) is 24.8 Å². The normalized spacial score (nSPS) is 19.2. The van der Waals surface area contributed by atoms with Crippen LogP contribution in [0.3, 0.4) is 0 Å². The smallest absolute Gasteiger partial charge is 0.116 e. The van der Waals surface area contributed by atoms with E-state index in [9.17, 15) is 5.11 Å². The largest absolute Gasteiger partial charge is 0.508 e. The van der Waals surface area contributed by atoms with Crippen molar-refractivity contribution in [2.45, 2.75) is 31.9 Å². The van der Waals surface area contributed by atoms with E-state index in [1.165, 1.54) is 30.2 Å². The Morgan fingerprint density at radius 3 is 2.76 bits per heavy atom. The summed E-state index contributed by atoms with van der Waals surface area (Å²) in [7, 11) is 2.15. The molecule has 0 aromatic heterocycles. The van der Waals surface area contributed by atoms with E-state index in [4.69, 9.17) is 4.74 Å². The van der Waals surface area contributed by atoms with Crippen molar-refractivity contribution in [3.05, 3.63) is 42.0 Å². The van der Waals surface area contributed by atoms with Crippen LogP contribution >= 0.6 is 0 Å². The lowest BCUT2D eigenvalue weighted by molar-refractivity contribution is -0.00258. The Bertz CT molecular complexity index is 605. The average Bonchev–Trinajstić information content (AvgIpc) is 2.48. The summed E-state index contributed by atoms with van der Waals surface area (Å²) in [5.41, 5.74) is 1.30. The summed E-state index contributed by atoms with van der Waals surface area (Å²) in [6, 6.07) is 11.9. The van der Waals surface area contributed by atoms with Gasteiger partial charge in [0, 0.05) is 19.7 Å². The number of benzene rings is 2. The maximum Gasteiger partial charge on any atom is 0.116 e. The van der Waals surface area contributed by atoms with Gasteiger partial charge in [0.25, 0.3) is 0 Å². The third-order valence-electron chi connectivity index (χ3n) is 4.13. The van der Waals surface area contributed by atoms with Gasteiger partial charge in [-0.1, -0.05) is 18.2 Å². The van der Waals surface area contributed by atoms with Gasteiger partial charge in [0.15, 0.2) is 0 Å². The molecule has 0 radical (unpaired) electrons. The maximum atomic E-state index is 9.51. The molecule has 1 aliphatic rings. The van der Waals surface area contributed by atoms with Gasteiger partial charge in [-0.25, -0.2) is 0 Å². The number of fused-ring (bicyclic) bond motifs is 1. The molecule has 1 fully saturated rings. The summed E-state index contributed by atoms with van der Waals surface area (Å²) in [5, 5.41) is 11.8. The molecule has 3 rings (SSSR count). The van der Waals surface area contributed by atoms with E-state index in [2.05, 4.69) is 30.1 Å². The first-order valence-electron chi connectivity index (χ1n) is 7.72. The van der Waals surface area contributed by atoms with Gasteiger partial charge in [-0.2, -0.15) is 0 Å². The van der Waals surface area contributed by atoms with Gasteiger partial charge in [0.1, 0.15) is 5.75 Å². The monoisotopic (exact) mass is 285 g/mol. The molecule has 0 amide bonds. The van der Waals surface area contributed by atoms with Crippen LogP contribution in [0.4, 0.5) is 0 Å². The van der Waals surface area contributed by atoms with E-state index in [1.54, 1.807) is 12.1 Å². The summed E-state index contributed by atoms with van der Waals surface area (Å²) in [6.07, 6.45) is 4.07. The van der Waals surface area contributed by atoms with Gasteiger partial charge < -0.3 is 9.84 Å². The predicted octanol–water partition coefficient (Wildman–Crippen LogP) is 3.55. The van der Waals surface area contributed by atoms with Crippen molar-refractivity contribution in [3.63, 3.8) is 0 Å². The fourth-order valence-electron chi connectivity index (χ4n) is 3.06. The second-order valence-corrected chi connectivity index (χ2v) is 6.05. The van der Waals surface area contributed by atoms with Gasteiger partial charge >= 0.3 is 0 Å². The molecule has 3 nitrogen and oxygen atoms in total. The second kappa shape index (κ2) is 6.46. The number of aromatic hydroxyl groups is 1. The quantitative estimate of drug-likeness (QED) is 0.932. The van der Waals surface area contributed by atoms with E-state index in [-0.39, 0.29) is 0 Å². The van der Waals surface area contributed by atoms with Gasteiger partial charge in [0.05, 0.1) is 6.10 Å². The zero-order chi connectivity index (χ0) is 14.7. The maximum absolute atomic E-state index is 9.51. The van der Waals surface area contributed by atoms with E-state index < -0.39 is 0 Å². The van der Waals surface area contributed by atoms with E-state index in [0.29, 0.717) is 11.9 Å². The highest BCUT2D eigenvalue weighted by Gasteiger charge is 2.15. The van der Waals surface area contributed by atoms with E-state index in [1.807, 2.05) is 6.07 Å². The number of phenols is 1. The van der Waals surface area contributed by atoms with Crippen molar-refractivity contribution in [3.8, 4) is 5.75 Å². The summed E-state index contributed by atoms with van der Waals surface area (Å²) in [4.78, 5) is 2.33. The summed E-state index contributed by atoms with van der Waals surface area (Å²) in [5.74, 6) is 0.321. The molecule has 1 N–H and O–H groups in total. The average molecular weight is 285 g/mol. The number of ether oxygens (including phenoxy) is 1. The Balaban J connectivity index is 1.65. The molecule has 0 spiro atoms. The minimum absolute atomic E-state index is 0.321. The van der Waals surface area contributed by atoms with Gasteiger partial charge in [-0.3, -0.25) is 4.90 Å². The lowest BCUT2D eigenvalue weighted by atomic mass is 10.1. The van der Waals surface area contributed by atoms with Crippen molar-refractivity contribution in [1.29, 1.82) is 0 Å². The van der Waals surface area contributed by atoms with Crippen LogP contribution in [0.25, 0.3) is 10.8 Å². The summed E-state index contributed by atoms with van der Waals surface area (Å²) >= 11 is 0. The van der Waals surface area contributed by atoms with E-state index >= 15 is 0 Å². The Labute approximate surface area is 126 Å². The lowest BCUT2D eigenvalue weighted by Gasteiger charge is -2.27. The number of rotatable bonds is 4. The Hall–Kier alpha value is -1.58. The lowest BCUT2D eigenvalue weighted by Crippen LogP contribution is -2.33. The molecule has 0 unspecified atom stereocenters. The number of likely N-dealkylation sites (N-methyl/N-ethyl adjacent to an activating group) is 1. The van der Waals surface area contributed by atoms with Crippen LogP contribution in [-0.2, 0) is 11.3 Å². The van der Waals surface area contributed by atoms with Crippen molar-refractivity contribution in [2.75, 3.05) is 20.2 Å². The molecule has 1 atom stereocenters. The highest BCUT2D eigenvalue weighted by Crippen LogP contribution is 2.22. The number of phenolic OH excluding ortho intramolecular Hbond substituents is 1. The van der Waals surface area contributed by atoms with Crippen LogP contribution in [0.5, 0.6) is 5.75 Å². The molecule has 1 aliphatic heterocycles. The Morgan fingerprint density at radius 2 is 1.95 bits per heavy atom. The molecule has 2 aromatic rings. The van der Waals surface area contributed by atoms with Crippen LogP contribution in [0.2, 0.25) is 0 Å². The molecular formula is C18H23NO2. The molecule has 1 heterocycles. The van der Waals surface area contributed by atoms with Crippen LogP contribution in [-0.4, -0.2) is 36.3 Å². The minimum Gasteiger partial charge on any atom is -0.508 e. The second-order valence-electron chi connectivity index (χ2n) is 6.05. The van der Waals surface area contributed by atoms with Crippen molar-refractivity contribution in [1.82, 2.24) is 4.90 Å². The molecule has 0 bridgehead atoms. The molecule has 21 heavy (non-hydrogen) atoms. The first kappa shape index (κ1) is 14.4. The third kappa shape index (κ3) is 3.74. The summed E-state index contributed by atoms with van der Waals surface area (Å²) < 4.78 is 5.80. The molecule has 1 saturated heterocycles. The Kier molecular flexibility index (Phi) is 4.42. The first-order chi connectivity index (χ1) is 10.2. The fourth-order valence-corrected chi connectivity index (χ4v) is 3.06. The zero-order valence-electron chi connectivity index (χ0n) is 12.6. The van der Waals surface area contributed by atoms with Gasteiger partial charge in [-0.05, 0) is 60.8 Å². The molecular weight excluding hydrogens is 262 g/mol. The topological polar surface area (TPSA) is 32.7 Å². The SMILES string of the molecule is CN(Cc1ccc2cc(O)ccc2c1)C[C@@H]1CCCCO1. The third-order valence-corrected chi connectivity index (χ3v) is 4.13. The predicted molar refractivity (Wildman–Crippen MR) is 85.5 cm³/mol. The summed E-state index contributed by atoms with van der Waals surface area (Å²) in [6.45, 7) is 2.84. The molecule has 2 aromatic carbocycles. The fraction of sp³-hybridized carbons (Fsp3) is 0.444. The highest BCUT2D eigenvalue weighted by atomic mass is 16.5. The van der Waals surface area contributed by atoms with Crippen molar-refractivity contribution < 1.29 is 9.84 Å². The van der Waals surface area contributed by atoms with Crippen LogP contribution in [0.15, 0.2) is 36.4 Å². The number of nitrogens with zero attached hydrogens (tertiary/aromatic N) is 1. The minimum atomic E-state index is 0.321. The Morgan fingerprint density at radius 1 is 1.14 bits per heavy atom. The van der Waals surface area contributed by atoms with Crippen LogP contribution < -0.4 is 0 Å². The number of hydrogen-bond donors (Lipinski definition) is 1. The standard InChI is InChI=1S/C18H23NO2/c1-19(13-18-4-2-3-9-21-18)12-14-5-6-16-11-17(20)8-7-15(16)10-14/h5-8,10-11,18,20H,2-4,9,12-13H2,1H3/t18-/m0/s1. The van der Waals surface area contributed by atoms with E-state index in [0.717, 1.165) is 25.1 Å². The molecule has 3 heteroatoms. The first-order valence-corrected chi connectivity index (χ1v) is 7.72. The van der Waals surface area contributed by atoms with Crippen molar-refractivity contribution in [2.24, 2.45) is 0 Å². The molecule has 112 valence electrons. The van der Waals surface area contributed by atoms with Gasteiger partial charge in [-0.15, -0.1) is 0 Å². The molecule has 0 saturated carbocycles. The zero-order valence-corrected chi connectivity index (χ0v) is 12.6.